The van der Waals surface area contributed by atoms with Gasteiger partial charge >= 0.3 is 0 Å². The highest BCUT2D eigenvalue weighted by Gasteiger charge is 2.32. The van der Waals surface area contributed by atoms with E-state index in [-0.39, 0.29) is 0 Å². The quantitative estimate of drug-likeness (QED) is 0.620. The molecule has 0 saturated carbocycles. The predicted octanol–water partition coefficient (Wildman–Crippen LogP) is 2.22. The van der Waals surface area contributed by atoms with Crippen molar-refractivity contribution in [2.24, 2.45) is 5.41 Å². The number of rotatable bonds is 10. The van der Waals surface area contributed by atoms with Crippen LogP contribution in [0.4, 0.5) is 0 Å². The van der Waals surface area contributed by atoms with Gasteiger partial charge in [-0.1, -0.05) is 13.8 Å². The summed E-state index contributed by atoms with van der Waals surface area (Å²) in [6.45, 7) is 9.71. The lowest BCUT2D eigenvalue weighted by molar-refractivity contribution is -0.00833. The van der Waals surface area contributed by atoms with Gasteiger partial charge in [0.15, 0.2) is 0 Å². The normalized spacial score (nSPS) is 18.9. The van der Waals surface area contributed by atoms with Gasteiger partial charge in [-0.3, -0.25) is 0 Å². The Balaban J connectivity index is 2.24. The zero-order valence-electron chi connectivity index (χ0n) is 12.9. The lowest BCUT2D eigenvalue weighted by Crippen LogP contribution is -2.42. The molecule has 4 heteroatoms. The van der Waals surface area contributed by atoms with Gasteiger partial charge in [0.1, 0.15) is 0 Å². The summed E-state index contributed by atoms with van der Waals surface area (Å²) < 4.78 is 16.2. The smallest absolute Gasteiger partial charge is 0.0487 e. The molecule has 0 unspecified atom stereocenters. The Morgan fingerprint density at radius 2 is 1.89 bits per heavy atom. The maximum atomic E-state index is 5.72. The van der Waals surface area contributed by atoms with Crippen LogP contribution in [0, 0.1) is 5.41 Å². The van der Waals surface area contributed by atoms with Gasteiger partial charge < -0.3 is 19.5 Å². The van der Waals surface area contributed by atoms with E-state index in [0.29, 0.717) is 11.5 Å². The highest BCUT2D eigenvalue weighted by atomic mass is 16.5. The van der Waals surface area contributed by atoms with Gasteiger partial charge in [-0.2, -0.15) is 0 Å². The van der Waals surface area contributed by atoms with E-state index in [4.69, 9.17) is 14.2 Å². The van der Waals surface area contributed by atoms with Gasteiger partial charge in [-0.05, 0) is 31.1 Å². The van der Waals surface area contributed by atoms with Crippen molar-refractivity contribution in [3.05, 3.63) is 0 Å². The number of nitrogens with one attached hydrogen (secondary N) is 1. The average Bonchev–Trinajstić information content (AvgIpc) is 2.42. The highest BCUT2D eigenvalue weighted by molar-refractivity contribution is 4.84. The second-order valence-corrected chi connectivity index (χ2v) is 5.86. The van der Waals surface area contributed by atoms with Gasteiger partial charge in [-0.25, -0.2) is 0 Å². The van der Waals surface area contributed by atoms with Crippen molar-refractivity contribution in [2.75, 3.05) is 46.7 Å². The summed E-state index contributed by atoms with van der Waals surface area (Å²) in [6.07, 6.45) is 4.40. The predicted molar refractivity (Wildman–Crippen MR) is 77.6 cm³/mol. The standard InChI is InChI=1S/C15H31NO3/c1-14(2)16-13-15(6-11-19-12-7-15)5-10-18-9-4-8-17-3/h14,16H,4-13H2,1-3H3. The molecule has 4 nitrogen and oxygen atoms in total. The Labute approximate surface area is 118 Å². The zero-order chi connectivity index (χ0) is 14.0. The molecule has 0 aromatic carbocycles. The number of hydrogen-bond donors (Lipinski definition) is 1. The molecule has 0 aliphatic carbocycles. The number of methoxy groups -OCH3 is 1. The van der Waals surface area contributed by atoms with E-state index < -0.39 is 0 Å². The number of hydrogen-bond acceptors (Lipinski definition) is 4. The van der Waals surface area contributed by atoms with Crippen LogP contribution in [0.1, 0.15) is 39.5 Å². The fourth-order valence-electron chi connectivity index (χ4n) is 2.44. The van der Waals surface area contributed by atoms with E-state index in [1.807, 2.05) is 0 Å². The molecule has 0 aromatic rings. The van der Waals surface area contributed by atoms with E-state index in [1.54, 1.807) is 7.11 Å². The van der Waals surface area contributed by atoms with Crippen LogP contribution in [0.25, 0.3) is 0 Å². The van der Waals surface area contributed by atoms with Crippen LogP contribution in [0.5, 0.6) is 0 Å². The summed E-state index contributed by atoms with van der Waals surface area (Å²) in [5.74, 6) is 0. The molecule has 0 bridgehead atoms. The number of ether oxygens (including phenoxy) is 3. The molecule has 1 heterocycles. The fourth-order valence-corrected chi connectivity index (χ4v) is 2.44. The molecule has 1 aliphatic heterocycles. The van der Waals surface area contributed by atoms with Crippen molar-refractivity contribution in [1.82, 2.24) is 5.32 Å². The van der Waals surface area contributed by atoms with E-state index >= 15 is 0 Å². The van der Waals surface area contributed by atoms with Crippen LogP contribution in [0.15, 0.2) is 0 Å². The van der Waals surface area contributed by atoms with E-state index in [9.17, 15) is 0 Å². The molecule has 0 atom stereocenters. The molecule has 0 amide bonds. The highest BCUT2D eigenvalue weighted by Crippen LogP contribution is 2.33. The second kappa shape index (κ2) is 9.70. The second-order valence-electron chi connectivity index (χ2n) is 5.86. The third-order valence-corrected chi connectivity index (χ3v) is 3.85. The maximum absolute atomic E-state index is 5.72. The minimum absolute atomic E-state index is 0.365. The largest absolute Gasteiger partial charge is 0.385 e. The minimum atomic E-state index is 0.365. The Morgan fingerprint density at radius 1 is 1.16 bits per heavy atom. The topological polar surface area (TPSA) is 39.7 Å². The van der Waals surface area contributed by atoms with Crippen molar-refractivity contribution < 1.29 is 14.2 Å². The molecule has 0 radical (unpaired) electrons. The summed E-state index contributed by atoms with van der Waals surface area (Å²) in [6, 6.07) is 0.544. The van der Waals surface area contributed by atoms with Gasteiger partial charge in [-0.15, -0.1) is 0 Å². The fraction of sp³-hybridized carbons (Fsp3) is 1.00. The lowest BCUT2D eigenvalue weighted by Gasteiger charge is -2.38. The van der Waals surface area contributed by atoms with Crippen molar-refractivity contribution in [2.45, 2.75) is 45.6 Å². The van der Waals surface area contributed by atoms with E-state index in [2.05, 4.69) is 19.2 Å². The van der Waals surface area contributed by atoms with E-state index in [1.165, 1.54) is 0 Å². The molecule has 1 rings (SSSR count). The molecular formula is C15H31NO3. The van der Waals surface area contributed by atoms with Gasteiger partial charge in [0.2, 0.25) is 0 Å². The van der Waals surface area contributed by atoms with Crippen LogP contribution < -0.4 is 5.32 Å². The molecule has 1 N–H and O–H groups in total. The van der Waals surface area contributed by atoms with E-state index in [0.717, 1.165) is 65.3 Å². The SMILES string of the molecule is COCCCOCCC1(CNC(C)C)CCOCC1. The third-order valence-electron chi connectivity index (χ3n) is 3.85. The summed E-state index contributed by atoms with van der Waals surface area (Å²) in [5.41, 5.74) is 0.365. The zero-order valence-corrected chi connectivity index (χ0v) is 12.9. The van der Waals surface area contributed by atoms with Crippen LogP contribution >= 0.6 is 0 Å². The average molecular weight is 273 g/mol. The van der Waals surface area contributed by atoms with Gasteiger partial charge in [0, 0.05) is 52.7 Å². The van der Waals surface area contributed by atoms with Crippen LogP contribution in [0.3, 0.4) is 0 Å². The summed E-state index contributed by atoms with van der Waals surface area (Å²) in [4.78, 5) is 0. The van der Waals surface area contributed by atoms with Crippen molar-refractivity contribution >= 4 is 0 Å². The lowest BCUT2D eigenvalue weighted by atomic mass is 9.77. The van der Waals surface area contributed by atoms with Crippen molar-refractivity contribution in [1.29, 1.82) is 0 Å². The first-order chi connectivity index (χ1) is 9.18. The Bertz CT molecular complexity index is 215. The summed E-state index contributed by atoms with van der Waals surface area (Å²) in [5, 5.41) is 3.59. The summed E-state index contributed by atoms with van der Waals surface area (Å²) in [7, 11) is 1.73. The monoisotopic (exact) mass is 273 g/mol. The molecule has 1 saturated heterocycles. The first-order valence-electron chi connectivity index (χ1n) is 7.56. The third kappa shape index (κ3) is 7.25. The van der Waals surface area contributed by atoms with Crippen molar-refractivity contribution in [3.63, 3.8) is 0 Å². The first kappa shape index (κ1) is 16.9. The first-order valence-corrected chi connectivity index (χ1v) is 7.56. The molecule has 114 valence electrons. The molecule has 1 aliphatic rings. The molecule has 0 aromatic heterocycles. The molecular weight excluding hydrogens is 242 g/mol. The molecule has 1 fully saturated rings. The summed E-state index contributed by atoms with van der Waals surface area (Å²) >= 11 is 0. The van der Waals surface area contributed by atoms with Crippen LogP contribution in [-0.4, -0.2) is 52.7 Å². The minimum Gasteiger partial charge on any atom is -0.385 e. The van der Waals surface area contributed by atoms with Crippen molar-refractivity contribution in [3.8, 4) is 0 Å². The van der Waals surface area contributed by atoms with Gasteiger partial charge in [0.05, 0.1) is 0 Å². The maximum Gasteiger partial charge on any atom is 0.0487 e. The Hall–Kier alpha value is -0.160. The molecule has 0 spiro atoms. The van der Waals surface area contributed by atoms with Crippen LogP contribution in [0.2, 0.25) is 0 Å². The molecule has 19 heavy (non-hydrogen) atoms. The van der Waals surface area contributed by atoms with Gasteiger partial charge in [0.25, 0.3) is 0 Å². The Morgan fingerprint density at radius 3 is 2.53 bits per heavy atom. The van der Waals surface area contributed by atoms with Crippen LogP contribution in [-0.2, 0) is 14.2 Å². The Kier molecular flexibility index (Phi) is 8.62.